The average Bonchev–Trinajstić information content (AvgIpc) is 3.16. The molecule has 0 unspecified atom stereocenters. The second-order valence-corrected chi connectivity index (χ2v) is 6.18. The first-order chi connectivity index (χ1) is 13.2. The van der Waals surface area contributed by atoms with Gasteiger partial charge in [0.05, 0.1) is 16.2 Å². The fraction of sp³-hybridized carbons (Fsp3) is 0.278. The molecule has 0 bridgehead atoms. The smallest absolute Gasteiger partial charge is 0.406 e. The Balaban J connectivity index is 1.82. The van der Waals surface area contributed by atoms with Gasteiger partial charge in [-0.15, -0.1) is 13.2 Å². The minimum absolute atomic E-state index is 0.131. The largest absolute Gasteiger partial charge is 0.573 e. The van der Waals surface area contributed by atoms with Crippen LogP contribution in [-0.4, -0.2) is 30.3 Å². The first-order valence-corrected chi connectivity index (χ1v) is 8.43. The molecule has 7 nitrogen and oxygen atoms in total. The number of carbonyl (C=O) groups excluding carboxylic acids is 1. The molecule has 0 radical (unpaired) electrons. The lowest BCUT2D eigenvalue weighted by Gasteiger charge is -2.21. The van der Waals surface area contributed by atoms with Crippen molar-refractivity contribution in [3.8, 4) is 5.75 Å². The van der Waals surface area contributed by atoms with Crippen LogP contribution in [0, 0.1) is 10.1 Å². The zero-order chi connectivity index (χ0) is 20.3. The van der Waals surface area contributed by atoms with Gasteiger partial charge in [-0.3, -0.25) is 14.9 Å². The number of amides is 1. The lowest BCUT2D eigenvalue weighted by molar-refractivity contribution is -0.384. The Morgan fingerprint density at radius 1 is 1.11 bits per heavy atom. The zero-order valence-electron chi connectivity index (χ0n) is 14.5. The molecule has 1 saturated heterocycles. The van der Waals surface area contributed by atoms with E-state index in [1.54, 1.807) is 6.07 Å². The van der Waals surface area contributed by atoms with Crippen LogP contribution < -0.4 is 15.0 Å². The van der Waals surface area contributed by atoms with Gasteiger partial charge in [-0.25, -0.2) is 0 Å². The highest BCUT2D eigenvalue weighted by molar-refractivity contribution is 6.08. The van der Waals surface area contributed by atoms with Gasteiger partial charge < -0.3 is 15.0 Å². The molecule has 0 saturated carbocycles. The number of anilines is 2. The maximum atomic E-state index is 12.7. The number of nitro benzene ring substituents is 1. The Morgan fingerprint density at radius 3 is 2.32 bits per heavy atom. The first kappa shape index (κ1) is 19.5. The van der Waals surface area contributed by atoms with E-state index in [9.17, 15) is 28.1 Å². The SMILES string of the molecule is O=C(Nc1ccc(OC(F)(F)F)cc1)c1cc([N+](=O)[O-])ccc1N1CCCC1. The summed E-state index contributed by atoms with van der Waals surface area (Å²) < 4.78 is 40.4. The van der Waals surface area contributed by atoms with Gasteiger partial charge in [-0.05, 0) is 43.2 Å². The Hall–Kier alpha value is -3.30. The quantitative estimate of drug-likeness (QED) is 0.601. The first-order valence-electron chi connectivity index (χ1n) is 8.43. The molecular formula is C18H16F3N3O4. The summed E-state index contributed by atoms with van der Waals surface area (Å²) in [6, 6.07) is 8.73. The number of ether oxygens (including phenoxy) is 1. The molecule has 1 amide bonds. The summed E-state index contributed by atoms with van der Waals surface area (Å²) in [7, 11) is 0. The number of nitrogens with zero attached hydrogens (tertiary/aromatic N) is 2. The third-order valence-corrected chi connectivity index (χ3v) is 4.23. The molecule has 2 aromatic rings. The Labute approximate surface area is 157 Å². The number of benzene rings is 2. The minimum Gasteiger partial charge on any atom is -0.406 e. The lowest BCUT2D eigenvalue weighted by Crippen LogP contribution is -2.23. The molecule has 1 heterocycles. The Morgan fingerprint density at radius 2 is 1.75 bits per heavy atom. The summed E-state index contributed by atoms with van der Waals surface area (Å²) in [6.45, 7) is 1.48. The van der Waals surface area contributed by atoms with E-state index in [0.717, 1.165) is 38.1 Å². The number of carbonyl (C=O) groups is 1. The van der Waals surface area contributed by atoms with Crippen molar-refractivity contribution < 1.29 is 27.6 Å². The Kier molecular flexibility index (Phi) is 5.39. The zero-order valence-corrected chi connectivity index (χ0v) is 14.5. The minimum atomic E-state index is -4.81. The van der Waals surface area contributed by atoms with Crippen LogP contribution in [0.15, 0.2) is 42.5 Å². The molecule has 10 heteroatoms. The van der Waals surface area contributed by atoms with Crippen LogP contribution in [0.2, 0.25) is 0 Å². The number of halogens is 3. The summed E-state index contributed by atoms with van der Waals surface area (Å²) in [5.41, 5.74) is 0.727. The number of alkyl halides is 3. The van der Waals surface area contributed by atoms with Crippen molar-refractivity contribution in [3.63, 3.8) is 0 Å². The number of hydrogen-bond donors (Lipinski definition) is 1. The molecule has 1 aliphatic heterocycles. The van der Waals surface area contributed by atoms with Crippen LogP contribution in [0.3, 0.4) is 0 Å². The molecule has 148 valence electrons. The van der Waals surface area contributed by atoms with Crippen LogP contribution in [0.4, 0.5) is 30.2 Å². The maximum absolute atomic E-state index is 12.7. The Bertz CT molecular complexity index is 879. The third kappa shape index (κ3) is 4.70. The van der Waals surface area contributed by atoms with Crippen molar-refractivity contribution in [3.05, 3.63) is 58.1 Å². The van der Waals surface area contributed by atoms with E-state index in [1.807, 2.05) is 4.90 Å². The second-order valence-electron chi connectivity index (χ2n) is 6.18. The maximum Gasteiger partial charge on any atom is 0.573 e. The van der Waals surface area contributed by atoms with Crippen LogP contribution >= 0.6 is 0 Å². The number of hydrogen-bond acceptors (Lipinski definition) is 5. The summed E-state index contributed by atoms with van der Waals surface area (Å²) >= 11 is 0. The number of nitrogens with one attached hydrogen (secondary N) is 1. The number of nitro groups is 1. The third-order valence-electron chi connectivity index (χ3n) is 4.23. The normalized spacial score (nSPS) is 14.0. The molecule has 28 heavy (non-hydrogen) atoms. The molecule has 1 N–H and O–H groups in total. The van der Waals surface area contributed by atoms with E-state index in [4.69, 9.17) is 0 Å². The van der Waals surface area contributed by atoms with Gasteiger partial charge in [-0.1, -0.05) is 0 Å². The highest BCUT2D eigenvalue weighted by Gasteiger charge is 2.31. The van der Waals surface area contributed by atoms with Crippen LogP contribution in [0.1, 0.15) is 23.2 Å². The molecule has 0 aliphatic carbocycles. The van der Waals surface area contributed by atoms with Crippen molar-refractivity contribution in [2.24, 2.45) is 0 Å². The molecule has 0 aromatic heterocycles. The fourth-order valence-corrected chi connectivity index (χ4v) is 2.99. The molecule has 1 fully saturated rings. The van der Waals surface area contributed by atoms with E-state index >= 15 is 0 Å². The summed E-state index contributed by atoms with van der Waals surface area (Å²) in [5, 5.41) is 13.6. The molecule has 0 atom stereocenters. The lowest BCUT2D eigenvalue weighted by atomic mass is 10.1. The monoisotopic (exact) mass is 395 g/mol. The van der Waals surface area contributed by atoms with E-state index in [0.29, 0.717) is 5.69 Å². The van der Waals surface area contributed by atoms with E-state index in [-0.39, 0.29) is 16.9 Å². The molecule has 0 spiro atoms. The standard InChI is InChI=1S/C18H16F3N3O4/c19-18(20,21)28-14-6-3-12(4-7-14)22-17(25)15-11-13(24(26)27)5-8-16(15)23-9-1-2-10-23/h3-8,11H,1-2,9-10H2,(H,22,25). The van der Waals surface area contributed by atoms with Gasteiger partial charge in [0.25, 0.3) is 11.6 Å². The average molecular weight is 395 g/mol. The van der Waals surface area contributed by atoms with Crippen LogP contribution in [0.25, 0.3) is 0 Å². The van der Waals surface area contributed by atoms with Gasteiger partial charge in [0, 0.05) is 30.9 Å². The van der Waals surface area contributed by atoms with Gasteiger partial charge in [-0.2, -0.15) is 0 Å². The summed E-state index contributed by atoms with van der Waals surface area (Å²) in [6.07, 6.45) is -2.89. The van der Waals surface area contributed by atoms with Crippen LogP contribution in [0.5, 0.6) is 5.75 Å². The van der Waals surface area contributed by atoms with Gasteiger partial charge in [0.1, 0.15) is 5.75 Å². The highest BCUT2D eigenvalue weighted by Crippen LogP contribution is 2.29. The highest BCUT2D eigenvalue weighted by atomic mass is 19.4. The number of rotatable bonds is 5. The van der Waals surface area contributed by atoms with Crippen molar-refractivity contribution in [1.29, 1.82) is 0 Å². The van der Waals surface area contributed by atoms with E-state index in [1.165, 1.54) is 24.3 Å². The van der Waals surface area contributed by atoms with Crippen LogP contribution in [-0.2, 0) is 0 Å². The van der Waals surface area contributed by atoms with Crippen molar-refractivity contribution >= 4 is 23.0 Å². The topological polar surface area (TPSA) is 84.7 Å². The second kappa shape index (κ2) is 7.75. The van der Waals surface area contributed by atoms with Crippen molar-refractivity contribution in [2.45, 2.75) is 19.2 Å². The van der Waals surface area contributed by atoms with Gasteiger partial charge >= 0.3 is 6.36 Å². The molecular weight excluding hydrogens is 379 g/mol. The molecule has 1 aliphatic rings. The summed E-state index contributed by atoms with van der Waals surface area (Å²) in [5.74, 6) is -1.01. The summed E-state index contributed by atoms with van der Waals surface area (Å²) in [4.78, 5) is 25.2. The van der Waals surface area contributed by atoms with Gasteiger partial charge in [0.2, 0.25) is 0 Å². The van der Waals surface area contributed by atoms with E-state index in [2.05, 4.69) is 10.1 Å². The predicted molar refractivity (Wildman–Crippen MR) is 95.6 cm³/mol. The number of non-ortho nitro benzene ring substituents is 1. The predicted octanol–water partition coefficient (Wildman–Crippen LogP) is 4.35. The van der Waals surface area contributed by atoms with Gasteiger partial charge in [0.15, 0.2) is 0 Å². The van der Waals surface area contributed by atoms with Crippen molar-refractivity contribution in [2.75, 3.05) is 23.3 Å². The fourth-order valence-electron chi connectivity index (χ4n) is 2.99. The van der Waals surface area contributed by atoms with Crippen molar-refractivity contribution in [1.82, 2.24) is 0 Å². The molecule has 2 aromatic carbocycles. The van der Waals surface area contributed by atoms with E-state index < -0.39 is 22.9 Å². The molecule has 3 rings (SSSR count).